The van der Waals surface area contributed by atoms with E-state index in [1.165, 1.54) is 19.3 Å². The number of ether oxygens (including phenoxy) is 4. The molecule has 8 heteroatoms. The Balaban J connectivity index is 2.09. The Morgan fingerprint density at radius 2 is 2.10 bits per heavy atom. The van der Waals surface area contributed by atoms with E-state index >= 15 is 0 Å². The maximum absolute atomic E-state index is 12.3. The second kappa shape index (κ2) is 9.94. The Labute approximate surface area is 170 Å². The predicted molar refractivity (Wildman–Crippen MR) is 105 cm³/mol. The summed E-state index contributed by atoms with van der Waals surface area (Å²) in [5.74, 6) is -0.0436. The molecule has 1 N–H and O–H groups in total. The number of methoxy groups -OCH3 is 1. The largest absolute Gasteiger partial charge is 0.514 e. The van der Waals surface area contributed by atoms with Gasteiger partial charge in [-0.25, -0.2) is 4.79 Å². The quantitative estimate of drug-likeness (QED) is 0.337. The van der Waals surface area contributed by atoms with Crippen molar-refractivity contribution in [3.63, 3.8) is 0 Å². The van der Waals surface area contributed by atoms with Gasteiger partial charge in [-0.2, -0.15) is 5.26 Å². The van der Waals surface area contributed by atoms with Gasteiger partial charge in [0.2, 0.25) is 0 Å². The molecule has 0 aromatic heterocycles. The summed E-state index contributed by atoms with van der Waals surface area (Å²) in [5.41, 5.74) is -0.195. The number of nitrogens with one attached hydrogen (secondary N) is 1. The fraction of sp³-hybridized carbons (Fsp3) is 0.476. The Bertz CT molecular complexity index is 813. The summed E-state index contributed by atoms with van der Waals surface area (Å²) in [6.45, 7) is 6.24. The highest BCUT2D eigenvalue weighted by molar-refractivity contribution is 6.01. The van der Waals surface area contributed by atoms with Crippen LogP contribution in [-0.2, 0) is 14.3 Å². The maximum Gasteiger partial charge on any atom is 0.514 e. The molecule has 1 atom stereocenters. The number of rotatable bonds is 6. The van der Waals surface area contributed by atoms with E-state index in [0.29, 0.717) is 18.7 Å². The van der Waals surface area contributed by atoms with E-state index in [4.69, 9.17) is 18.9 Å². The van der Waals surface area contributed by atoms with Crippen LogP contribution in [0.5, 0.6) is 11.5 Å². The summed E-state index contributed by atoms with van der Waals surface area (Å²) in [6, 6.07) is 6.57. The van der Waals surface area contributed by atoms with Crippen molar-refractivity contribution in [2.24, 2.45) is 0 Å². The first kappa shape index (κ1) is 22.2. The SMILES string of the molecule is COc1cc(/C=C(\C#N)C(=O)NC[C@H]2CCCO2)ccc1OC(=O)OC(C)(C)C. The van der Waals surface area contributed by atoms with Gasteiger partial charge in [0.05, 0.1) is 13.2 Å². The number of benzene rings is 1. The molecule has 1 aromatic carbocycles. The van der Waals surface area contributed by atoms with E-state index in [1.807, 2.05) is 6.07 Å². The topological polar surface area (TPSA) is 107 Å². The summed E-state index contributed by atoms with van der Waals surface area (Å²) < 4.78 is 21.0. The van der Waals surface area contributed by atoms with Crippen molar-refractivity contribution in [2.75, 3.05) is 20.3 Å². The monoisotopic (exact) mass is 402 g/mol. The first-order valence-corrected chi connectivity index (χ1v) is 9.32. The van der Waals surface area contributed by atoms with Crippen molar-refractivity contribution in [1.29, 1.82) is 5.26 Å². The lowest BCUT2D eigenvalue weighted by molar-refractivity contribution is -0.117. The van der Waals surface area contributed by atoms with Crippen molar-refractivity contribution in [1.82, 2.24) is 5.32 Å². The van der Waals surface area contributed by atoms with Gasteiger partial charge < -0.3 is 24.3 Å². The van der Waals surface area contributed by atoms with Gasteiger partial charge in [0.15, 0.2) is 11.5 Å². The minimum atomic E-state index is -0.856. The van der Waals surface area contributed by atoms with Crippen LogP contribution in [-0.4, -0.2) is 44.0 Å². The Morgan fingerprint density at radius 1 is 1.34 bits per heavy atom. The average molecular weight is 402 g/mol. The van der Waals surface area contributed by atoms with E-state index in [-0.39, 0.29) is 23.2 Å². The zero-order valence-corrected chi connectivity index (χ0v) is 17.1. The summed E-state index contributed by atoms with van der Waals surface area (Å²) >= 11 is 0. The predicted octanol–water partition coefficient (Wildman–Crippen LogP) is 3.21. The van der Waals surface area contributed by atoms with Crippen LogP contribution >= 0.6 is 0 Å². The molecule has 0 bridgehead atoms. The van der Waals surface area contributed by atoms with E-state index < -0.39 is 17.7 Å². The summed E-state index contributed by atoms with van der Waals surface area (Å²) in [5, 5.41) is 12.0. The molecule has 0 aliphatic carbocycles. The van der Waals surface area contributed by atoms with Crippen LogP contribution in [0.2, 0.25) is 0 Å². The second-order valence-electron chi connectivity index (χ2n) is 7.49. The van der Waals surface area contributed by atoms with E-state index in [1.54, 1.807) is 32.9 Å². The minimum absolute atomic E-state index is 0.0109. The molecule has 0 unspecified atom stereocenters. The Kier molecular flexibility index (Phi) is 7.62. The van der Waals surface area contributed by atoms with Crippen molar-refractivity contribution >= 4 is 18.1 Å². The van der Waals surface area contributed by atoms with Gasteiger partial charge in [-0.3, -0.25) is 4.79 Å². The van der Waals surface area contributed by atoms with Crippen molar-refractivity contribution < 1.29 is 28.5 Å². The third-order valence-corrected chi connectivity index (χ3v) is 3.96. The van der Waals surface area contributed by atoms with Crippen molar-refractivity contribution in [2.45, 2.75) is 45.3 Å². The van der Waals surface area contributed by atoms with Crippen molar-refractivity contribution in [3.05, 3.63) is 29.3 Å². The van der Waals surface area contributed by atoms with Gasteiger partial charge in [-0.1, -0.05) is 6.07 Å². The Morgan fingerprint density at radius 3 is 2.69 bits per heavy atom. The van der Waals surface area contributed by atoms with Crippen LogP contribution in [0.3, 0.4) is 0 Å². The minimum Gasteiger partial charge on any atom is -0.493 e. The zero-order chi connectivity index (χ0) is 21.4. The van der Waals surface area contributed by atoms with E-state index in [0.717, 1.165) is 12.8 Å². The number of amides is 1. The second-order valence-corrected chi connectivity index (χ2v) is 7.49. The average Bonchev–Trinajstić information content (AvgIpc) is 3.17. The van der Waals surface area contributed by atoms with Gasteiger partial charge >= 0.3 is 6.16 Å². The van der Waals surface area contributed by atoms with Gasteiger partial charge in [-0.15, -0.1) is 0 Å². The Hall–Kier alpha value is -3.05. The summed E-state index contributed by atoms with van der Waals surface area (Å²) in [4.78, 5) is 24.1. The molecule has 29 heavy (non-hydrogen) atoms. The summed E-state index contributed by atoms with van der Waals surface area (Å²) in [7, 11) is 1.42. The van der Waals surface area contributed by atoms with Gasteiger partial charge in [0, 0.05) is 13.2 Å². The molecule has 1 amide bonds. The molecule has 8 nitrogen and oxygen atoms in total. The molecule has 0 saturated carbocycles. The van der Waals surface area contributed by atoms with Crippen LogP contribution < -0.4 is 14.8 Å². The molecule has 1 saturated heterocycles. The molecule has 0 spiro atoms. The third kappa shape index (κ3) is 7.12. The number of nitrogens with zero attached hydrogens (tertiary/aromatic N) is 1. The molecule has 2 rings (SSSR count). The number of nitriles is 1. The van der Waals surface area contributed by atoms with E-state index in [2.05, 4.69) is 5.32 Å². The number of carbonyl (C=O) groups is 2. The van der Waals surface area contributed by atoms with Gasteiger partial charge in [-0.05, 0) is 57.4 Å². The van der Waals surface area contributed by atoms with Crippen LogP contribution in [0.15, 0.2) is 23.8 Å². The molecule has 1 aliphatic rings. The fourth-order valence-electron chi connectivity index (χ4n) is 2.64. The molecule has 1 heterocycles. The fourth-order valence-corrected chi connectivity index (χ4v) is 2.64. The molecule has 1 aliphatic heterocycles. The van der Waals surface area contributed by atoms with Crippen molar-refractivity contribution in [3.8, 4) is 17.6 Å². The van der Waals surface area contributed by atoms with Crippen LogP contribution in [0, 0.1) is 11.3 Å². The number of carbonyl (C=O) groups excluding carboxylic acids is 2. The molecule has 0 radical (unpaired) electrons. The smallest absolute Gasteiger partial charge is 0.493 e. The molecule has 1 aromatic rings. The van der Waals surface area contributed by atoms with Crippen LogP contribution in [0.1, 0.15) is 39.2 Å². The number of hydrogen-bond acceptors (Lipinski definition) is 7. The van der Waals surface area contributed by atoms with Crippen LogP contribution in [0.4, 0.5) is 4.79 Å². The lowest BCUT2D eigenvalue weighted by Gasteiger charge is -2.19. The first-order chi connectivity index (χ1) is 13.7. The summed E-state index contributed by atoms with van der Waals surface area (Å²) in [6.07, 6.45) is 2.43. The van der Waals surface area contributed by atoms with E-state index in [9.17, 15) is 14.9 Å². The lowest BCUT2D eigenvalue weighted by Crippen LogP contribution is -2.32. The molecular formula is C21H26N2O6. The lowest BCUT2D eigenvalue weighted by atomic mass is 10.1. The maximum atomic E-state index is 12.3. The third-order valence-electron chi connectivity index (χ3n) is 3.96. The normalized spacial score (nSPS) is 16.7. The highest BCUT2D eigenvalue weighted by atomic mass is 16.7. The zero-order valence-electron chi connectivity index (χ0n) is 17.1. The standard InChI is InChI=1S/C21H26N2O6/c1-21(2,3)29-20(25)28-17-8-7-14(11-18(17)26-4)10-15(12-22)19(24)23-13-16-6-5-9-27-16/h7-8,10-11,16H,5-6,9,13H2,1-4H3,(H,23,24)/b15-10+/t16-/m1/s1. The number of hydrogen-bond donors (Lipinski definition) is 1. The van der Waals surface area contributed by atoms with Crippen LogP contribution in [0.25, 0.3) is 6.08 Å². The molecule has 1 fully saturated rings. The highest BCUT2D eigenvalue weighted by Crippen LogP contribution is 2.29. The molecule has 156 valence electrons. The van der Waals surface area contributed by atoms with Gasteiger partial charge in [0.25, 0.3) is 5.91 Å². The van der Waals surface area contributed by atoms with Gasteiger partial charge in [0.1, 0.15) is 17.2 Å². The highest BCUT2D eigenvalue weighted by Gasteiger charge is 2.20. The first-order valence-electron chi connectivity index (χ1n) is 9.32. The molecular weight excluding hydrogens is 376 g/mol.